The van der Waals surface area contributed by atoms with Gasteiger partial charge in [-0.1, -0.05) is 78.4 Å². The van der Waals surface area contributed by atoms with Gasteiger partial charge in [-0.05, 0) is 30.2 Å². The summed E-state index contributed by atoms with van der Waals surface area (Å²) in [5, 5.41) is 11.1. The van der Waals surface area contributed by atoms with Gasteiger partial charge < -0.3 is 5.11 Å². The number of aliphatic hydroxyl groups excluding tert-OH is 1. The summed E-state index contributed by atoms with van der Waals surface area (Å²) in [6.45, 7) is 1.91. The largest absolute Gasteiger partial charge is 0.386 e. The van der Waals surface area contributed by atoms with Gasteiger partial charge in [0.15, 0.2) is 0 Å². The maximum atomic E-state index is 13.2. The molecule has 0 saturated carbocycles. The van der Waals surface area contributed by atoms with Crippen molar-refractivity contribution in [1.29, 1.82) is 0 Å². The van der Waals surface area contributed by atoms with Crippen molar-refractivity contribution in [3.63, 3.8) is 0 Å². The number of nitrogens with zero attached hydrogens (tertiary/aromatic N) is 1. The molecule has 0 heterocycles. The van der Waals surface area contributed by atoms with E-state index < -0.39 is 22.2 Å². The maximum Gasteiger partial charge on any atom is 0.243 e. The Morgan fingerprint density at radius 3 is 1.78 bits per heavy atom. The van der Waals surface area contributed by atoms with Gasteiger partial charge >= 0.3 is 0 Å². The van der Waals surface area contributed by atoms with Crippen LogP contribution in [0, 0.1) is 6.92 Å². The Hall–Kier alpha value is -2.47. The molecule has 0 aromatic heterocycles. The van der Waals surface area contributed by atoms with Gasteiger partial charge in [0, 0.05) is 7.05 Å². The molecular weight excluding hydrogens is 358 g/mol. The van der Waals surface area contributed by atoms with Crippen molar-refractivity contribution in [2.24, 2.45) is 0 Å². The number of hydrogen-bond donors (Lipinski definition) is 1. The van der Waals surface area contributed by atoms with Gasteiger partial charge in [-0.3, -0.25) is 0 Å². The van der Waals surface area contributed by atoms with Crippen LogP contribution in [0.5, 0.6) is 0 Å². The molecule has 3 rings (SSSR count). The molecule has 0 aliphatic carbocycles. The van der Waals surface area contributed by atoms with E-state index in [-0.39, 0.29) is 4.90 Å². The lowest BCUT2D eigenvalue weighted by atomic mass is 9.96. The van der Waals surface area contributed by atoms with Gasteiger partial charge in [0.25, 0.3) is 0 Å². The van der Waals surface area contributed by atoms with Crippen molar-refractivity contribution in [3.8, 4) is 0 Å². The predicted molar refractivity (Wildman–Crippen MR) is 107 cm³/mol. The first-order valence-corrected chi connectivity index (χ1v) is 10.2. The first kappa shape index (κ1) is 19.3. The van der Waals surface area contributed by atoms with Crippen LogP contribution in [0.3, 0.4) is 0 Å². The van der Waals surface area contributed by atoms with E-state index in [1.807, 2.05) is 55.5 Å². The van der Waals surface area contributed by atoms with Crippen LogP contribution in [0.25, 0.3) is 0 Å². The van der Waals surface area contributed by atoms with Crippen LogP contribution in [0.2, 0.25) is 0 Å². The molecule has 0 radical (unpaired) electrons. The molecule has 0 unspecified atom stereocenters. The zero-order valence-electron chi connectivity index (χ0n) is 15.4. The quantitative estimate of drug-likeness (QED) is 0.700. The molecule has 4 nitrogen and oxygen atoms in total. The van der Waals surface area contributed by atoms with Gasteiger partial charge in [0.1, 0.15) is 0 Å². The first-order valence-electron chi connectivity index (χ1n) is 8.74. The molecule has 0 amide bonds. The SMILES string of the molecule is Cc1ccc(S(=O)(=O)N(C)[C@H](c2ccccc2)[C@@H](O)c2ccccc2)cc1. The number of sulfonamides is 1. The van der Waals surface area contributed by atoms with Crippen LogP contribution < -0.4 is 0 Å². The lowest BCUT2D eigenvalue weighted by molar-refractivity contribution is 0.0984. The summed E-state index contributed by atoms with van der Waals surface area (Å²) < 4.78 is 27.7. The third-order valence-corrected chi connectivity index (χ3v) is 6.52. The van der Waals surface area contributed by atoms with Gasteiger partial charge in [-0.15, -0.1) is 0 Å². The molecule has 0 aliphatic heterocycles. The van der Waals surface area contributed by atoms with E-state index in [9.17, 15) is 13.5 Å². The molecule has 3 aromatic rings. The number of aliphatic hydroxyl groups is 1. The molecule has 3 aromatic carbocycles. The lowest BCUT2D eigenvalue weighted by Gasteiger charge is -2.32. The summed E-state index contributed by atoms with van der Waals surface area (Å²) in [6, 6.07) is 24.3. The maximum absolute atomic E-state index is 13.2. The number of benzene rings is 3. The van der Waals surface area contributed by atoms with Crippen molar-refractivity contribution >= 4 is 10.0 Å². The second-order valence-corrected chi connectivity index (χ2v) is 8.54. The second-order valence-electron chi connectivity index (χ2n) is 6.55. The standard InChI is InChI=1S/C22H23NO3S/c1-17-13-15-20(16-14-17)27(25,26)23(2)21(18-9-5-3-6-10-18)22(24)19-11-7-4-8-12-19/h3-16,21-22,24H,1-2H3/t21-,22+/m1/s1. The van der Waals surface area contributed by atoms with E-state index in [0.29, 0.717) is 5.56 Å². The number of likely N-dealkylation sites (N-methyl/N-ethyl adjacent to an activating group) is 1. The highest BCUT2D eigenvalue weighted by Gasteiger charge is 2.34. The second kappa shape index (κ2) is 8.05. The molecule has 0 spiro atoms. The molecule has 0 fully saturated rings. The van der Waals surface area contributed by atoms with E-state index >= 15 is 0 Å². The van der Waals surface area contributed by atoms with Crippen LogP contribution >= 0.6 is 0 Å². The van der Waals surface area contributed by atoms with Crippen molar-refractivity contribution in [2.75, 3.05) is 7.05 Å². The van der Waals surface area contributed by atoms with E-state index in [2.05, 4.69) is 0 Å². The third-order valence-electron chi connectivity index (χ3n) is 4.67. The fourth-order valence-corrected chi connectivity index (χ4v) is 4.45. The molecule has 0 saturated heterocycles. The Labute approximate surface area is 160 Å². The summed E-state index contributed by atoms with van der Waals surface area (Å²) in [7, 11) is -2.27. The van der Waals surface area contributed by atoms with E-state index in [0.717, 1.165) is 11.1 Å². The van der Waals surface area contributed by atoms with Crippen molar-refractivity contribution in [1.82, 2.24) is 4.31 Å². The molecule has 2 atom stereocenters. The first-order chi connectivity index (χ1) is 12.9. The minimum atomic E-state index is -3.78. The highest BCUT2D eigenvalue weighted by molar-refractivity contribution is 7.89. The summed E-state index contributed by atoms with van der Waals surface area (Å²) in [6.07, 6.45) is -1.00. The van der Waals surface area contributed by atoms with E-state index in [4.69, 9.17) is 0 Å². The highest BCUT2D eigenvalue weighted by atomic mass is 32.2. The third kappa shape index (κ3) is 4.11. The minimum Gasteiger partial charge on any atom is -0.386 e. The van der Waals surface area contributed by atoms with Crippen molar-refractivity contribution < 1.29 is 13.5 Å². The van der Waals surface area contributed by atoms with Gasteiger partial charge in [0.2, 0.25) is 10.0 Å². The van der Waals surface area contributed by atoms with Gasteiger partial charge in [0.05, 0.1) is 17.0 Å². The van der Waals surface area contributed by atoms with Crippen LogP contribution in [-0.2, 0) is 10.0 Å². The number of rotatable bonds is 6. The van der Waals surface area contributed by atoms with Crippen molar-refractivity contribution in [2.45, 2.75) is 24.0 Å². The van der Waals surface area contributed by atoms with Crippen LogP contribution in [-0.4, -0.2) is 24.9 Å². The Morgan fingerprint density at radius 2 is 1.26 bits per heavy atom. The fraction of sp³-hybridized carbons (Fsp3) is 0.182. The molecule has 140 valence electrons. The summed E-state index contributed by atoms with van der Waals surface area (Å²) in [4.78, 5) is 0.205. The lowest BCUT2D eigenvalue weighted by Crippen LogP contribution is -2.35. The topological polar surface area (TPSA) is 57.6 Å². The summed E-state index contributed by atoms with van der Waals surface area (Å²) in [5.74, 6) is 0. The van der Waals surface area contributed by atoms with Crippen LogP contribution in [0.15, 0.2) is 89.8 Å². The average Bonchev–Trinajstić information content (AvgIpc) is 2.70. The van der Waals surface area contributed by atoms with Crippen LogP contribution in [0.1, 0.15) is 28.8 Å². The van der Waals surface area contributed by atoms with E-state index in [1.54, 1.807) is 36.4 Å². The smallest absolute Gasteiger partial charge is 0.243 e. The number of aryl methyl sites for hydroxylation is 1. The Kier molecular flexibility index (Phi) is 5.75. The molecule has 0 bridgehead atoms. The Balaban J connectivity index is 2.06. The Bertz CT molecular complexity index is 971. The fourth-order valence-electron chi connectivity index (χ4n) is 3.10. The Morgan fingerprint density at radius 1 is 0.778 bits per heavy atom. The van der Waals surface area contributed by atoms with Gasteiger partial charge in [-0.2, -0.15) is 4.31 Å². The van der Waals surface area contributed by atoms with Crippen molar-refractivity contribution in [3.05, 3.63) is 102 Å². The zero-order chi connectivity index (χ0) is 19.4. The molecule has 0 aliphatic rings. The number of hydrogen-bond acceptors (Lipinski definition) is 3. The predicted octanol–water partition coefficient (Wildman–Crippen LogP) is 4.09. The monoisotopic (exact) mass is 381 g/mol. The summed E-state index contributed by atoms with van der Waals surface area (Å²) in [5.41, 5.74) is 2.38. The molecule has 5 heteroatoms. The molecular formula is C22H23NO3S. The van der Waals surface area contributed by atoms with Crippen LogP contribution in [0.4, 0.5) is 0 Å². The minimum absolute atomic E-state index is 0.205. The highest BCUT2D eigenvalue weighted by Crippen LogP contribution is 2.36. The average molecular weight is 381 g/mol. The normalized spacial score (nSPS) is 14.1. The summed E-state index contributed by atoms with van der Waals surface area (Å²) >= 11 is 0. The zero-order valence-corrected chi connectivity index (χ0v) is 16.2. The molecule has 27 heavy (non-hydrogen) atoms. The molecule has 1 N–H and O–H groups in total. The van der Waals surface area contributed by atoms with E-state index in [1.165, 1.54) is 11.4 Å². The van der Waals surface area contributed by atoms with Gasteiger partial charge in [-0.25, -0.2) is 8.42 Å².